The van der Waals surface area contributed by atoms with E-state index in [1.54, 1.807) is 26.4 Å². The third-order valence-corrected chi connectivity index (χ3v) is 5.69. The Morgan fingerprint density at radius 2 is 1.80 bits per heavy atom. The summed E-state index contributed by atoms with van der Waals surface area (Å²) in [7, 11) is 3.18. The van der Waals surface area contributed by atoms with E-state index >= 15 is 0 Å². The Bertz CT molecular complexity index is 1370. The topological polar surface area (TPSA) is 90.9 Å². The largest absolute Gasteiger partial charge is 0.497 e. The van der Waals surface area contributed by atoms with Crippen molar-refractivity contribution < 1.29 is 23.7 Å². The molecule has 4 aromatic rings. The lowest BCUT2D eigenvalue weighted by Gasteiger charge is -2.26. The van der Waals surface area contributed by atoms with Gasteiger partial charge in [-0.2, -0.15) is 0 Å². The number of para-hydroxylation sites is 3. The van der Waals surface area contributed by atoms with Crippen LogP contribution in [-0.4, -0.2) is 44.4 Å². The fraction of sp³-hybridized carbons (Fsp3) is 0.185. The first kappa shape index (κ1) is 22.3. The summed E-state index contributed by atoms with van der Waals surface area (Å²) in [5.74, 6) is 2.95. The van der Waals surface area contributed by atoms with Gasteiger partial charge in [0, 0.05) is 11.5 Å². The summed E-state index contributed by atoms with van der Waals surface area (Å²) in [6.07, 6.45) is -0.289. The van der Waals surface area contributed by atoms with Gasteiger partial charge in [0.05, 0.1) is 37.5 Å². The van der Waals surface area contributed by atoms with Crippen LogP contribution in [0.15, 0.2) is 72.8 Å². The van der Waals surface area contributed by atoms with Crippen molar-refractivity contribution >= 4 is 28.3 Å². The van der Waals surface area contributed by atoms with E-state index in [0.717, 1.165) is 5.39 Å². The normalized spacial score (nSPS) is 14.3. The SMILES string of the molecule is COc1ccc(Nc2cc(C(=O)NC[C@H]3COc4ccccc4O3)c3ccccc3n2)c(OC)c1. The van der Waals surface area contributed by atoms with Gasteiger partial charge in [0.25, 0.3) is 5.91 Å². The van der Waals surface area contributed by atoms with Gasteiger partial charge in [-0.1, -0.05) is 30.3 Å². The lowest BCUT2D eigenvalue weighted by molar-refractivity contribution is 0.0790. The lowest BCUT2D eigenvalue weighted by atomic mass is 10.1. The number of nitrogens with one attached hydrogen (secondary N) is 2. The number of anilines is 2. The molecule has 1 aliphatic heterocycles. The third kappa shape index (κ3) is 4.77. The van der Waals surface area contributed by atoms with E-state index in [1.165, 1.54) is 0 Å². The first-order valence-corrected chi connectivity index (χ1v) is 11.2. The van der Waals surface area contributed by atoms with E-state index in [2.05, 4.69) is 15.6 Å². The van der Waals surface area contributed by atoms with Gasteiger partial charge >= 0.3 is 0 Å². The third-order valence-electron chi connectivity index (χ3n) is 5.69. The molecule has 3 aromatic carbocycles. The van der Waals surface area contributed by atoms with Crippen LogP contribution >= 0.6 is 0 Å². The summed E-state index contributed by atoms with van der Waals surface area (Å²) in [5, 5.41) is 7.00. The summed E-state index contributed by atoms with van der Waals surface area (Å²) in [6.45, 7) is 0.664. The van der Waals surface area contributed by atoms with E-state index in [0.29, 0.717) is 58.7 Å². The highest BCUT2D eigenvalue weighted by Gasteiger charge is 2.22. The van der Waals surface area contributed by atoms with E-state index in [4.69, 9.17) is 18.9 Å². The number of rotatable bonds is 7. The number of fused-ring (bicyclic) bond motifs is 2. The van der Waals surface area contributed by atoms with Gasteiger partial charge in [0.1, 0.15) is 30.0 Å². The molecule has 0 saturated carbocycles. The van der Waals surface area contributed by atoms with Crippen molar-refractivity contribution in [1.29, 1.82) is 0 Å². The molecule has 0 bridgehead atoms. The molecule has 0 unspecified atom stereocenters. The number of ether oxygens (including phenoxy) is 4. The molecule has 1 atom stereocenters. The van der Waals surface area contributed by atoms with Crippen molar-refractivity contribution in [2.75, 3.05) is 32.7 Å². The maximum Gasteiger partial charge on any atom is 0.252 e. The molecular weight excluding hydrogens is 446 g/mol. The van der Waals surface area contributed by atoms with Gasteiger partial charge in [-0.15, -0.1) is 0 Å². The molecule has 8 nitrogen and oxygen atoms in total. The molecule has 35 heavy (non-hydrogen) atoms. The molecule has 1 aromatic heterocycles. The lowest BCUT2D eigenvalue weighted by Crippen LogP contribution is -2.40. The van der Waals surface area contributed by atoms with Gasteiger partial charge in [-0.05, 0) is 36.4 Å². The molecule has 0 aliphatic carbocycles. The Kier molecular flexibility index (Phi) is 6.26. The zero-order valence-corrected chi connectivity index (χ0v) is 19.4. The summed E-state index contributed by atoms with van der Waals surface area (Å²) in [5.41, 5.74) is 1.90. The molecular formula is C27H25N3O5. The molecule has 5 rings (SSSR count). The summed E-state index contributed by atoms with van der Waals surface area (Å²) in [6, 6.07) is 22.2. The first-order valence-electron chi connectivity index (χ1n) is 11.2. The minimum atomic E-state index is -0.289. The van der Waals surface area contributed by atoms with Crippen LogP contribution in [0.3, 0.4) is 0 Å². The van der Waals surface area contributed by atoms with Crippen LogP contribution in [0.1, 0.15) is 10.4 Å². The molecule has 2 N–H and O–H groups in total. The van der Waals surface area contributed by atoms with Gasteiger partial charge in [-0.3, -0.25) is 4.79 Å². The van der Waals surface area contributed by atoms with Crippen LogP contribution in [0.25, 0.3) is 10.9 Å². The van der Waals surface area contributed by atoms with Crippen LogP contribution in [0.4, 0.5) is 11.5 Å². The second-order valence-corrected chi connectivity index (χ2v) is 7.97. The van der Waals surface area contributed by atoms with Crippen LogP contribution < -0.4 is 29.6 Å². The summed E-state index contributed by atoms with van der Waals surface area (Å²) in [4.78, 5) is 17.9. The number of methoxy groups -OCH3 is 2. The van der Waals surface area contributed by atoms with Gasteiger partial charge in [0.2, 0.25) is 0 Å². The smallest absolute Gasteiger partial charge is 0.252 e. The Morgan fingerprint density at radius 3 is 2.63 bits per heavy atom. The van der Waals surface area contributed by atoms with E-state index in [9.17, 15) is 4.79 Å². The number of carbonyl (C=O) groups is 1. The number of hydrogen-bond donors (Lipinski definition) is 2. The summed E-state index contributed by atoms with van der Waals surface area (Å²) >= 11 is 0. The predicted molar refractivity (Wildman–Crippen MR) is 133 cm³/mol. The Hall–Kier alpha value is -4.46. The molecule has 178 valence electrons. The Morgan fingerprint density at radius 1 is 1.00 bits per heavy atom. The van der Waals surface area contributed by atoms with Crippen LogP contribution in [0.2, 0.25) is 0 Å². The number of aromatic nitrogens is 1. The minimum Gasteiger partial charge on any atom is -0.497 e. The predicted octanol–water partition coefficient (Wildman–Crippen LogP) is 4.57. The monoisotopic (exact) mass is 471 g/mol. The number of hydrogen-bond acceptors (Lipinski definition) is 7. The van der Waals surface area contributed by atoms with Gasteiger partial charge in [0.15, 0.2) is 11.5 Å². The Labute approximate surface area is 202 Å². The second-order valence-electron chi connectivity index (χ2n) is 7.97. The molecule has 1 aliphatic rings. The number of amides is 1. The standard InChI is InChI=1S/C27H25N3O5/c1-32-17-11-12-22(25(13-17)33-2)30-26-14-20(19-7-3-4-8-21(19)29-26)27(31)28-15-18-16-34-23-9-5-6-10-24(23)35-18/h3-14,18H,15-16H2,1-2H3,(H,28,31)(H,29,30)/t18-/m0/s1. The Balaban J connectivity index is 1.37. The highest BCUT2D eigenvalue weighted by molar-refractivity contribution is 6.07. The second kappa shape index (κ2) is 9.80. The van der Waals surface area contributed by atoms with Crippen molar-refractivity contribution in [3.05, 3.63) is 78.4 Å². The number of nitrogens with zero attached hydrogens (tertiary/aromatic N) is 1. The van der Waals surface area contributed by atoms with Crippen molar-refractivity contribution in [2.24, 2.45) is 0 Å². The van der Waals surface area contributed by atoms with Gasteiger partial charge in [-0.25, -0.2) is 4.98 Å². The minimum absolute atomic E-state index is 0.226. The van der Waals surface area contributed by atoms with Crippen molar-refractivity contribution in [2.45, 2.75) is 6.10 Å². The molecule has 0 radical (unpaired) electrons. The van der Waals surface area contributed by atoms with E-state index in [-0.39, 0.29) is 12.0 Å². The van der Waals surface area contributed by atoms with Crippen molar-refractivity contribution in [3.8, 4) is 23.0 Å². The van der Waals surface area contributed by atoms with Crippen molar-refractivity contribution in [3.63, 3.8) is 0 Å². The maximum atomic E-state index is 13.3. The van der Waals surface area contributed by atoms with Gasteiger partial charge < -0.3 is 29.6 Å². The fourth-order valence-corrected chi connectivity index (χ4v) is 3.93. The first-order chi connectivity index (χ1) is 17.1. The number of pyridine rings is 1. The zero-order chi connectivity index (χ0) is 24.2. The molecule has 8 heteroatoms. The average Bonchev–Trinajstić information content (AvgIpc) is 2.91. The zero-order valence-electron chi connectivity index (χ0n) is 19.4. The fourth-order valence-electron chi connectivity index (χ4n) is 3.93. The van der Waals surface area contributed by atoms with Crippen LogP contribution in [0.5, 0.6) is 23.0 Å². The van der Waals surface area contributed by atoms with Crippen LogP contribution in [0, 0.1) is 0 Å². The molecule has 0 fully saturated rings. The van der Waals surface area contributed by atoms with E-state index in [1.807, 2.05) is 60.7 Å². The summed E-state index contributed by atoms with van der Waals surface area (Å²) < 4.78 is 22.5. The molecule has 1 amide bonds. The molecule has 0 spiro atoms. The van der Waals surface area contributed by atoms with Crippen molar-refractivity contribution in [1.82, 2.24) is 10.3 Å². The van der Waals surface area contributed by atoms with E-state index < -0.39 is 0 Å². The number of carbonyl (C=O) groups excluding carboxylic acids is 1. The number of benzene rings is 3. The average molecular weight is 472 g/mol. The quantitative estimate of drug-likeness (QED) is 0.408. The highest BCUT2D eigenvalue weighted by atomic mass is 16.6. The maximum absolute atomic E-state index is 13.3. The highest BCUT2D eigenvalue weighted by Crippen LogP contribution is 2.33. The van der Waals surface area contributed by atoms with Crippen LogP contribution in [-0.2, 0) is 0 Å². The molecule has 2 heterocycles. The molecule has 0 saturated heterocycles.